The van der Waals surface area contributed by atoms with Crippen molar-refractivity contribution in [2.45, 2.75) is 31.6 Å². The molecule has 25 heavy (non-hydrogen) atoms. The number of halogens is 1. The van der Waals surface area contributed by atoms with Gasteiger partial charge in [-0.25, -0.2) is 12.7 Å². The molecule has 1 aliphatic rings. The van der Waals surface area contributed by atoms with Crippen molar-refractivity contribution in [2.75, 3.05) is 14.1 Å². The summed E-state index contributed by atoms with van der Waals surface area (Å²) in [7, 11) is -0.892. The number of Topliss-reactive ketones (excluding diaryl/α,β-unsaturated/α-hetero) is 1. The van der Waals surface area contributed by atoms with Crippen molar-refractivity contribution < 1.29 is 18.3 Å². The van der Waals surface area contributed by atoms with Crippen molar-refractivity contribution in [3.63, 3.8) is 0 Å². The maximum absolute atomic E-state index is 12.3. The van der Waals surface area contributed by atoms with Gasteiger partial charge in [0.05, 0.1) is 16.3 Å². The van der Waals surface area contributed by atoms with Crippen LogP contribution in [-0.4, -0.2) is 43.9 Å². The molecule has 0 aliphatic heterocycles. The lowest BCUT2D eigenvalue weighted by atomic mass is 9.77. The van der Waals surface area contributed by atoms with E-state index in [9.17, 15) is 18.3 Å². The number of sulfonamides is 1. The summed E-state index contributed by atoms with van der Waals surface area (Å²) in [4.78, 5) is 16.3. The highest BCUT2D eigenvalue weighted by molar-refractivity contribution is 7.89. The Labute approximate surface area is 152 Å². The van der Waals surface area contributed by atoms with Crippen molar-refractivity contribution in [1.29, 1.82) is 0 Å². The van der Waals surface area contributed by atoms with Crippen LogP contribution >= 0.6 is 11.6 Å². The Morgan fingerprint density at radius 3 is 2.48 bits per heavy atom. The van der Waals surface area contributed by atoms with Crippen LogP contribution < -0.4 is 0 Å². The van der Waals surface area contributed by atoms with E-state index in [0.717, 1.165) is 4.31 Å². The lowest BCUT2D eigenvalue weighted by molar-refractivity contribution is -0.117. The zero-order chi connectivity index (χ0) is 19.0. The summed E-state index contributed by atoms with van der Waals surface area (Å²) in [6.07, 6.45) is 1.99. The Morgan fingerprint density at radius 1 is 1.28 bits per heavy atom. The van der Waals surface area contributed by atoms with E-state index in [1.54, 1.807) is 6.07 Å². The molecule has 0 unspecified atom stereocenters. The number of benzene rings is 1. The number of aliphatic hydroxyl groups is 1. The van der Waals surface area contributed by atoms with Gasteiger partial charge in [-0.2, -0.15) is 0 Å². The van der Waals surface area contributed by atoms with E-state index < -0.39 is 10.0 Å². The molecule has 0 saturated heterocycles. The number of nitrogens with zero attached hydrogens (tertiary/aromatic N) is 2. The van der Waals surface area contributed by atoms with Gasteiger partial charge >= 0.3 is 0 Å². The predicted octanol–water partition coefficient (Wildman–Crippen LogP) is 3.49. The van der Waals surface area contributed by atoms with Crippen LogP contribution in [-0.2, 0) is 14.8 Å². The molecular formula is C17H21ClN2O4S. The van der Waals surface area contributed by atoms with E-state index in [2.05, 4.69) is 4.99 Å². The van der Waals surface area contributed by atoms with Crippen LogP contribution in [0.5, 0.6) is 0 Å². The number of aliphatic imine (C=N–C) groups is 1. The third-order valence-electron chi connectivity index (χ3n) is 3.91. The van der Waals surface area contributed by atoms with Crippen molar-refractivity contribution in [2.24, 2.45) is 10.4 Å². The second-order valence-corrected chi connectivity index (χ2v) is 9.49. The van der Waals surface area contributed by atoms with Crippen LogP contribution in [0.2, 0.25) is 5.02 Å². The van der Waals surface area contributed by atoms with E-state index in [-0.39, 0.29) is 32.4 Å². The first-order valence-electron chi connectivity index (χ1n) is 7.65. The number of allylic oxidation sites excluding steroid dienone is 2. The number of rotatable bonds is 4. The van der Waals surface area contributed by atoms with Crippen molar-refractivity contribution >= 4 is 39.3 Å². The summed E-state index contributed by atoms with van der Waals surface area (Å²) in [5, 5.41) is 10.2. The number of hydrogen-bond acceptors (Lipinski definition) is 5. The SMILES string of the molecule is CN(C)S(=O)(=O)c1cc(N=CC2=C(O)CC(C)(C)CC2=O)ccc1Cl. The predicted molar refractivity (Wildman–Crippen MR) is 98.2 cm³/mol. The van der Waals surface area contributed by atoms with Crippen LogP contribution in [0.1, 0.15) is 26.7 Å². The second-order valence-electron chi connectivity index (χ2n) is 6.96. The standard InChI is InChI=1S/C17H21ClN2O4S/c1-17(2)8-14(21)12(15(22)9-17)10-19-11-5-6-13(18)16(7-11)25(23,24)20(3)4/h5-7,10,21H,8-9H2,1-4H3. The first kappa shape index (κ1) is 19.6. The fraction of sp³-hybridized carbons (Fsp3) is 0.412. The molecule has 1 aromatic carbocycles. The van der Waals surface area contributed by atoms with E-state index in [1.165, 1.54) is 32.4 Å². The monoisotopic (exact) mass is 384 g/mol. The van der Waals surface area contributed by atoms with Crippen LogP contribution in [0.15, 0.2) is 39.4 Å². The third kappa shape index (κ3) is 4.29. The van der Waals surface area contributed by atoms with Crippen LogP contribution in [0, 0.1) is 5.41 Å². The summed E-state index contributed by atoms with van der Waals surface area (Å²) in [6, 6.07) is 4.32. The van der Waals surface area contributed by atoms with Gasteiger partial charge in [-0.15, -0.1) is 0 Å². The lowest BCUT2D eigenvalue weighted by Gasteiger charge is -2.28. The summed E-state index contributed by atoms with van der Waals surface area (Å²) in [6.45, 7) is 3.82. The molecule has 0 radical (unpaired) electrons. The van der Waals surface area contributed by atoms with Crippen LogP contribution in [0.4, 0.5) is 5.69 Å². The number of ketones is 1. The number of hydrogen-bond donors (Lipinski definition) is 1. The van der Waals surface area contributed by atoms with Gasteiger partial charge in [-0.05, 0) is 23.6 Å². The largest absolute Gasteiger partial charge is 0.511 e. The average molecular weight is 385 g/mol. The quantitative estimate of drug-likeness (QED) is 0.805. The topological polar surface area (TPSA) is 87.0 Å². The Kier molecular flexibility index (Phi) is 5.41. The maximum Gasteiger partial charge on any atom is 0.244 e. The van der Waals surface area contributed by atoms with Gasteiger partial charge in [0.25, 0.3) is 0 Å². The van der Waals surface area contributed by atoms with Crippen molar-refractivity contribution in [3.05, 3.63) is 34.6 Å². The molecule has 1 N–H and O–H groups in total. The molecule has 136 valence electrons. The minimum atomic E-state index is -3.71. The Balaban J connectivity index is 2.39. The average Bonchev–Trinajstić information content (AvgIpc) is 2.46. The highest BCUT2D eigenvalue weighted by Crippen LogP contribution is 2.35. The van der Waals surface area contributed by atoms with Gasteiger partial charge in [0.2, 0.25) is 10.0 Å². The van der Waals surface area contributed by atoms with Gasteiger partial charge in [-0.3, -0.25) is 9.79 Å². The Morgan fingerprint density at radius 2 is 1.92 bits per heavy atom. The van der Waals surface area contributed by atoms with Gasteiger partial charge < -0.3 is 5.11 Å². The highest BCUT2D eigenvalue weighted by Gasteiger charge is 2.32. The molecule has 1 aromatic rings. The molecular weight excluding hydrogens is 364 g/mol. The Bertz CT molecular complexity index is 871. The highest BCUT2D eigenvalue weighted by atomic mass is 35.5. The summed E-state index contributed by atoms with van der Waals surface area (Å²) >= 11 is 5.99. The molecule has 0 fully saturated rings. The fourth-order valence-electron chi connectivity index (χ4n) is 2.55. The maximum atomic E-state index is 12.3. The van der Waals surface area contributed by atoms with Crippen LogP contribution in [0.3, 0.4) is 0 Å². The fourth-order valence-corrected chi connectivity index (χ4v) is 3.94. The molecule has 0 aromatic heterocycles. The van der Waals surface area contributed by atoms with Crippen molar-refractivity contribution in [1.82, 2.24) is 4.31 Å². The molecule has 0 heterocycles. The van der Waals surface area contributed by atoms with E-state index >= 15 is 0 Å². The molecule has 0 saturated carbocycles. The van der Waals surface area contributed by atoms with Gasteiger partial charge in [-0.1, -0.05) is 25.4 Å². The van der Waals surface area contributed by atoms with Gasteiger partial charge in [0.1, 0.15) is 10.7 Å². The molecule has 0 atom stereocenters. The summed E-state index contributed by atoms with van der Waals surface area (Å²) in [5.74, 6) is -0.187. The molecule has 6 nitrogen and oxygen atoms in total. The molecule has 8 heteroatoms. The molecule has 1 aliphatic carbocycles. The molecule has 0 spiro atoms. The summed E-state index contributed by atoms with van der Waals surface area (Å²) < 4.78 is 25.6. The number of carbonyl (C=O) groups excluding carboxylic acids is 1. The van der Waals surface area contributed by atoms with Gasteiger partial charge in [0.15, 0.2) is 5.78 Å². The lowest BCUT2D eigenvalue weighted by Crippen LogP contribution is -2.26. The summed E-state index contributed by atoms with van der Waals surface area (Å²) in [5.41, 5.74) is 0.195. The van der Waals surface area contributed by atoms with Crippen molar-refractivity contribution in [3.8, 4) is 0 Å². The normalized spacial score (nSPS) is 18.4. The van der Waals surface area contributed by atoms with E-state index in [4.69, 9.17) is 11.6 Å². The minimum absolute atomic E-state index is 0.0000926. The smallest absolute Gasteiger partial charge is 0.244 e. The first-order chi connectivity index (χ1) is 11.4. The minimum Gasteiger partial charge on any atom is -0.511 e. The third-order valence-corrected chi connectivity index (χ3v) is 6.21. The second kappa shape index (κ2) is 6.90. The zero-order valence-corrected chi connectivity index (χ0v) is 16.1. The number of carbonyl (C=O) groups is 1. The van der Waals surface area contributed by atoms with Crippen LogP contribution in [0.25, 0.3) is 0 Å². The number of aliphatic hydroxyl groups excluding tert-OH is 1. The van der Waals surface area contributed by atoms with Gasteiger partial charge in [0, 0.05) is 33.2 Å². The molecule has 0 amide bonds. The Hall–Kier alpha value is -1.70. The zero-order valence-electron chi connectivity index (χ0n) is 14.6. The molecule has 2 rings (SSSR count). The molecule has 0 bridgehead atoms. The van der Waals surface area contributed by atoms with E-state index in [1.807, 2.05) is 13.8 Å². The van der Waals surface area contributed by atoms with E-state index in [0.29, 0.717) is 18.5 Å². The first-order valence-corrected chi connectivity index (χ1v) is 9.47.